The van der Waals surface area contributed by atoms with Crippen LogP contribution >= 0.6 is 0 Å². The van der Waals surface area contributed by atoms with Crippen molar-refractivity contribution < 1.29 is 36.2 Å². The summed E-state index contributed by atoms with van der Waals surface area (Å²) in [6, 6.07) is 24.4. The van der Waals surface area contributed by atoms with Crippen LogP contribution in [0.15, 0.2) is 91.0 Å². The van der Waals surface area contributed by atoms with E-state index in [1.165, 1.54) is 14.0 Å². The number of aliphatic hydroxyl groups is 1. The maximum atomic E-state index is 13.3. The molecule has 0 amide bonds. The van der Waals surface area contributed by atoms with Gasteiger partial charge in [-0.15, -0.1) is 0 Å². The molecule has 0 unspecified atom stereocenters. The summed E-state index contributed by atoms with van der Waals surface area (Å²) in [5.41, 5.74) is 1.55. The number of benzene rings is 3. The minimum Gasteiger partial charge on any atom is -0.454 e. The first-order chi connectivity index (χ1) is 19.0. The molecule has 1 N–H and O–H groups in total. The molecule has 0 saturated carbocycles. The van der Waals surface area contributed by atoms with Gasteiger partial charge in [0.2, 0.25) is 0 Å². The van der Waals surface area contributed by atoms with E-state index >= 15 is 0 Å². The standard InChI is InChI=1S/C29H31NO8S2/c1-22(30(40(35,36)39(3,33)34)21-24-15-9-5-10-16-24)27(25-17-11-6-12-18-25)38-29(32)28(37-2)26(31)20-19-23-13-7-4-8-14-23/h4-18,22,26-28,31H,21H2,1-3H3/t22-,26-,27-,28+/m1/s1. The Balaban J connectivity index is 1.98. The highest BCUT2D eigenvalue weighted by molar-refractivity contribution is 8.66. The maximum absolute atomic E-state index is 13.3. The molecular weight excluding hydrogens is 554 g/mol. The third-order valence-electron chi connectivity index (χ3n) is 6.03. The van der Waals surface area contributed by atoms with Crippen LogP contribution in [0.25, 0.3) is 0 Å². The average Bonchev–Trinajstić information content (AvgIpc) is 2.94. The summed E-state index contributed by atoms with van der Waals surface area (Å²) in [6.07, 6.45) is -3.74. The van der Waals surface area contributed by atoms with Crippen molar-refractivity contribution >= 4 is 23.9 Å². The van der Waals surface area contributed by atoms with Gasteiger partial charge < -0.3 is 14.6 Å². The third kappa shape index (κ3) is 7.78. The quantitative estimate of drug-likeness (QED) is 0.207. The van der Waals surface area contributed by atoms with Crippen LogP contribution in [0.1, 0.15) is 29.7 Å². The average molecular weight is 586 g/mol. The lowest BCUT2D eigenvalue weighted by Gasteiger charge is -2.34. The van der Waals surface area contributed by atoms with Gasteiger partial charge in [-0.05, 0) is 30.2 Å². The van der Waals surface area contributed by atoms with Crippen LogP contribution in [-0.4, -0.2) is 63.8 Å². The second-order valence-corrected chi connectivity index (χ2v) is 14.8. The number of nitrogens with zero attached hydrogens (tertiary/aromatic N) is 1. The summed E-state index contributed by atoms with van der Waals surface area (Å²) < 4.78 is 63.0. The molecule has 0 aliphatic carbocycles. The van der Waals surface area contributed by atoms with Crippen LogP contribution in [0.5, 0.6) is 0 Å². The van der Waals surface area contributed by atoms with E-state index in [-0.39, 0.29) is 6.54 Å². The predicted molar refractivity (Wildman–Crippen MR) is 151 cm³/mol. The van der Waals surface area contributed by atoms with Gasteiger partial charge in [-0.25, -0.2) is 13.2 Å². The van der Waals surface area contributed by atoms with Crippen molar-refractivity contribution in [2.45, 2.75) is 37.8 Å². The smallest absolute Gasteiger partial charge is 0.339 e. The monoisotopic (exact) mass is 585 g/mol. The largest absolute Gasteiger partial charge is 0.454 e. The van der Waals surface area contributed by atoms with Gasteiger partial charge in [-0.3, -0.25) is 0 Å². The van der Waals surface area contributed by atoms with Gasteiger partial charge in [0.25, 0.3) is 8.87 Å². The van der Waals surface area contributed by atoms with Gasteiger partial charge in [0.1, 0.15) is 6.10 Å². The van der Waals surface area contributed by atoms with Crippen LogP contribution in [0.2, 0.25) is 0 Å². The first kappa shape index (κ1) is 31.0. The van der Waals surface area contributed by atoms with E-state index in [4.69, 9.17) is 9.47 Å². The van der Waals surface area contributed by atoms with Crippen LogP contribution < -0.4 is 0 Å². The van der Waals surface area contributed by atoms with Gasteiger partial charge in [0.15, 0.2) is 12.2 Å². The Morgan fingerprint density at radius 2 is 1.43 bits per heavy atom. The van der Waals surface area contributed by atoms with E-state index in [2.05, 4.69) is 11.8 Å². The van der Waals surface area contributed by atoms with Gasteiger partial charge in [-0.1, -0.05) is 90.7 Å². The molecule has 3 aromatic carbocycles. The zero-order valence-corrected chi connectivity index (χ0v) is 23.9. The fourth-order valence-corrected chi connectivity index (χ4v) is 6.69. The first-order valence-corrected chi connectivity index (χ1v) is 16.1. The van der Waals surface area contributed by atoms with Gasteiger partial charge in [0, 0.05) is 19.2 Å². The molecule has 0 radical (unpaired) electrons. The fourth-order valence-electron chi connectivity index (χ4n) is 3.90. The highest BCUT2D eigenvalue weighted by Gasteiger charge is 2.42. The molecule has 0 fully saturated rings. The van der Waals surface area contributed by atoms with Gasteiger partial charge in [0.05, 0.1) is 12.3 Å². The molecule has 0 spiro atoms. The molecule has 4 atom stereocenters. The number of carbonyl (C=O) groups is 1. The number of esters is 1. The van der Waals surface area contributed by atoms with E-state index in [1.807, 2.05) is 6.07 Å². The summed E-state index contributed by atoms with van der Waals surface area (Å²) in [6.45, 7) is 1.15. The van der Waals surface area contributed by atoms with Crippen molar-refractivity contribution in [3.05, 3.63) is 108 Å². The Kier molecular flexibility index (Phi) is 10.6. The van der Waals surface area contributed by atoms with Crippen molar-refractivity contribution in [2.24, 2.45) is 0 Å². The number of aliphatic hydroxyl groups excluding tert-OH is 1. The topological polar surface area (TPSA) is 127 Å². The fraction of sp³-hybridized carbons (Fsp3) is 0.276. The molecule has 212 valence electrons. The molecule has 11 heteroatoms. The highest BCUT2D eigenvalue weighted by Crippen LogP contribution is 2.30. The summed E-state index contributed by atoms with van der Waals surface area (Å²) in [5.74, 6) is 4.32. The lowest BCUT2D eigenvalue weighted by molar-refractivity contribution is -0.168. The summed E-state index contributed by atoms with van der Waals surface area (Å²) in [4.78, 5) is 13.3. The van der Waals surface area contributed by atoms with Crippen molar-refractivity contribution in [2.75, 3.05) is 13.4 Å². The number of carbonyl (C=O) groups excluding carboxylic acids is 1. The molecule has 3 aromatic rings. The minimum absolute atomic E-state index is 0.294. The van der Waals surface area contributed by atoms with Crippen LogP contribution in [0, 0.1) is 11.8 Å². The summed E-state index contributed by atoms with van der Waals surface area (Å²) >= 11 is 0. The Morgan fingerprint density at radius 3 is 1.95 bits per heavy atom. The molecular formula is C29H31NO8S2. The zero-order valence-electron chi connectivity index (χ0n) is 22.2. The van der Waals surface area contributed by atoms with Crippen LogP contribution in [0.4, 0.5) is 0 Å². The lowest BCUT2D eigenvalue weighted by atomic mass is 10.0. The Hall–Kier alpha value is -3.53. The minimum atomic E-state index is -4.89. The molecule has 0 heterocycles. The van der Waals surface area contributed by atoms with E-state index in [0.717, 1.165) is 4.31 Å². The number of hydrogen-bond donors (Lipinski definition) is 1. The second-order valence-electron chi connectivity index (χ2n) is 8.94. The Morgan fingerprint density at radius 1 is 0.900 bits per heavy atom. The number of hydrogen-bond acceptors (Lipinski definition) is 8. The molecule has 9 nitrogen and oxygen atoms in total. The van der Waals surface area contributed by atoms with Gasteiger partial charge >= 0.3 is 15.0 Å². The lowest BCUT2D eigenvalue weighted by Crippen LogP contribution is -2.46. The van der Waals surface area contributed by atoms with Crippen molar-refractivity contribution in [1.29, 1.82) is 0 Å². The first-order valence-electron chi connectivity index (χ1n) is 12.2. The highest BCUT2D eigenvalue weighted by atomic mass is 33.2. The van der Waals surface area contributed by atoms with Crippen molar-refractivity contribution in [3.63, 3.8) is 0 Å². The Labute approximate surface area is 234 Å². The number of methoxy groups -OCH3 is 1. The normalized spacial score (nSPS) is 14.8. The SMILES string of the molecule is CO[C@H](C(=O)O[C@@H](c1ccccc1)[C@@H](C)N(Cc1ccccc1)S(=O)(=O)S(C)(=O)=O)[C@H](O)C#Cc1ccccc1. The second kappa shape index (κ2) is 13.7. The molecule has 40 heavy (non-hydrogen) atoms. The van der Waals surface area contributed by atoms with Crippen molar-refractivity contribution in [3.8, 4) is 11.8 Å². The summed E-state index contributed by atoms with van der Waals surface area (Å²) in [5, 5.41) is 10.6. The van der Waals surface area contributed by atoms with E-state index in [0.29, 0.717) is 22.9 Å². The molecule has 0 bridgehead atoms. The maximum Gasteiger partial charge on any atom is 0.339 e. The van der Waals surface area contributed by atoms with E-state index < -0.39 is 48.2 Å². The van der Waals surface area contributed by atoms with Crippen molar-refractivity contribution in [1.82, 2.24) is 4.31 Å². The molecule has 0 aliphatic heterocycles. The Bertz CT molecular complexity index is 1540. The molecule has 0 aromatic heterocycles. The third-order valence-corrected chi connectivity index (χ3v) is 10.7. The molecule has 0 saturated heterocycles. The van der Waals surface area contributed by atoms with Crippen LogP contribution in [-0.2, 0) is 38.7 Å². The van der Waals surface area contributed by atoms with Gasteiger partial charge in [-0.2, -0.15) is 12.7 Å². The number of rotatable bonds is 11. The van der Waals surface area contributed by atoms with E-state index in [1.54, 1.807) is 84.9 Å². The zero-order chi connectivity index (χ0) is 29.3. The molecule has 3 rings (SSSR count). The summed E-state index contributed by atoms with van der Waals surface area (Å²) in [7, 11) is -8.29. The predicted octanol–water partition coefficient (Wildman–Crippen LogP) is 2.88. The van der Waals surface area contributed by atoms with Crippen LogP contribution in [0.3, 0.4) is 0 Å². The molecule has 0 aliphatic rings. The number of ether oxygens (including phenoxy) is 2. The van der Waals surface area contributed by atoms with E-state index in [9.17, 15) is 26.7 Å².